The number of nitrogens with one attached hydrogen (secondary N) is 1. The minimum Gasteiger partial charge on any atom is -0.484 e. The number of ether oxygens (including phenoxy) is 3. The predicted octanol–water partition coefficient (Wildman–Crippen LogP) is 3.46. The van der Waals surface area contributed by atoms with Crippen LogP contribution in [0.25, 0.3) is 0 Å². The van der Waals surface area contributed by atoms with E-state index in [0.29, 0.717) is 28.8 Å². The Hall–Kier alpha value is -2.11. The number of carbonyl (C=O) groups is 1. The number of halogens is 2. The van der Waals surface area contributed by atoms with Crippen molar-refractivity contribution in [3.05, 3.63) is 52.0 Å². The summed E-state index contributed by atoms with van der Waals surface area (Å²) in [6.07, 6.45) is 0.686. The second kappa shape index (κ2) is 7.64. The van der Waals surface area contributed by atoms with E-state index in [1.54, 1.807) is 18.2 Å². The van der Waals surface area contributed by atoms with Gasteiger partial charge in [0.15, 0.2) is 18.1 Å². The highest BCUT2D eigenvalue weighted by Crippen LogP contribution is 2.32. The molecule has 2 aromatic carbocycles. The Morgan fingerprint density at radius 2 is 1.83 bits per heavy atom. The molecule has 2 aromatic rings. The van der Waals surface area contributed by atoms with Crippen LogP contribution in [0, 0.1) is 0 Å². The zero-order valence-electron chi connectivity index (χ0n) is 12.7. The summed E-state index contributed by atoms with van der Waals surface area (Å²) in [5.74, 6) is 1.72. The molecule has 0 aliphatic carbocycles. The lowest BCUT2D eigenvalue weighted by Crippen LogP contribution is -2.30. The molecule has 0 saturated carbocycles. The molecule has 126 valence electrons. The third kappa shape index (κ3) is 4.46. The van der Waals surface area contributed by atoms with Crippen LogP contribution in [0.4, 0.5) is 0 Å². The van der Waals surface area contributed by atoms with E-state index in [1.807, 2.05) is 18.2 Å². The Kier molecular flexibility index (Phi) is 5.33. The van der Waals surface area contributed by atoms with Crippen molar-refractivity contribution in [2.75, 3.05) is 19.9 Å². The van der Waals surface area contributed by atoms with Crippen molar-refractivity contribution in [3.8, 4) is 17.2 Å². The smallest absolute Gasteiger partial charge is 0.257 e. The number of hydrogen-bond donors (Lipinski definition) is 1. The molecule has 0 bridgehead atoms. The molecule has 0 unspecified atom stereocenters. The Bertz CT molecular complexity index is 731. The summed E-state index contributed by atoms with van der Waals surface area (Å²) >= 11 is 11.7. The van der Waals surface area contributed by atoms with Crippen molar-refractivity contribution in [2.24, 2.45) is 0 Å². The van der Waals surface area contributed by atoms with E-state index in [1.165, 1.54) is 0 Å². The molecule has 1 amide bonds. The molecule has 24 heavy (non-hydrogen) atoms. The molecular formula is C17H15Cl2NO4. The lowest BCUT2D eigenvalue weighted by Gasteiger charge is -2.08. The monoisotopic (exact) mass is 367 g/mol. The van der Waals surface area contributed by atoms with E-state index >= 15 is 0 Å². The van der Waals surface area contributed by atoms with E-state index in [-0.39, 0.29) is 19.3 Å². The van der Waals surface area contributed by atoms with E-state index in [4.69, 9.17) is 37.4 Å². The summed E-state index contributed by atoms with van der Waals surface area (Å²) in [4.78, 5) is 11.8. The molecule has 0 fully saturated rings. The fraction of sp³-hybridized carbons (Fsp3) is 0.235. The topological polar surface area (TPSA) is 56.8 Å². The molecule has 1 aliphatic rings. The summed E-state index contributed by atoms with van der Waals surface area (Å²) in [6.45, 7) is 0.649. The van der Waals surface area contributed by atoms with Crippen molar-refractivity contribution in [1.29, 1.82) is 0 Å². The van der Waals surface area contributed by atoms with Gasteiger partial charge in [-0.25, -0.2) is 0 Å². The molecular weight excluding hydrogens is 353 g/mol. The first kappa shape index (κ1) is 16.7. The van der Waals surface area contributed by atoms with Crippen LogP contribution < -0.4 is 19.5 Å². The van der Waals surface area contributed by atoms with Gasteiger partial charge in [0, 0.05) is 16.6 Å². The maximum Gasteiger partial charge on any atom is 0.257 e. The van der Waals surface area contributed by atoms with Crippen molar-refractivity contribution < 1.29 is 19.0 Å². The van der Waals surface area contributed by atoms with Gasteiger partial charge in [0.05, 0.1) is 0 Å². The fourth-order valence-corrected chi connectivity index (χ4v) is 2.76. The van der Waals surface area contributed by atoms with Crippen molar-refractivity contribution in [2.45, 2.75) is 6.42 Å². The molecule has 0 aromatic heterocycles. The lowest BCUT2D eigenvalue weighted by molar-refractivity contribution is -0.123. The van der Waals surface area contributed by atoms with Crippen LogP contribution in [0.5, 0.6) is 17.2 Å². The largest absolute Gasteiger partial charge is 0.484 e. The highest BCUT2D eigenvalue weighted by atomic mass is 35.5. The van der Waals surface area contributed by atoms with E-state index in [2.05, 4.69) is 5.32 Å². The van der Waals surface area contributed by atoms with E-state index < -0.39 is 0 Å². The molecule has 3 rings (SSSR count). The van der Waals surface area contributed by atoms with Crippen LogP contribution in [0.15, 0.2) is 36.4 Å². The molecule has 0 spiro atoms. The molecule has 0 radical (unpaired) electrons. The normalized spacial score (nSPS) is 12.1. The van der Waals surface area contributed by atoms with Crippen molar-refractivity contribution in [3.63, 3.8) is 0 Å². The summed E-state index contributed by atoms with van der Waals surface area (Å²) in [5.41, 5.74) is 1.06. The highest BCUT2D eigenvalue weighted by Gasteiger charge is 2.13. The van der Waals surface area contributed by atoms with Crippen molar-refractivity contribution >= 4 is 29.1 Å². The lowest BCUT2D eigenvalue weighted by atomic mass is 10.1. The quantitative estimate of drug-likeness (QED) is 0.849. The second-order valence-electron chi connectivity index (χ2n) is 5.18. The first-order chi connectivity index (χ1) is 11.6. The summed E-state index contributed by atoms with van der Waals surface area (Å²) in [7, 11) is 0. The van der Waals surface area contributed by atoms with Crippen LogP contribution in [0.1, 0.15) is 5.56 Å². The molecule has 5 nitrogen and oxygen atoms in total. The minimum atomic E-state index is -0.216. The van der Waals surface area contributed by atoms with Crippen LogP contribution in [-0.4, -0.2) is 25.9 Å². The summed E-state index contributed by atoms with van der Waals surface area (Å²) in [6, 6.07) is 10.5. The maximum absolute atomic E-state index is 11.8. The average Bonchev–Trinajstić information content (AvgIpc) is 3.00. The van der Waals surface area contributed by atoms with Gasteiger partial charge in [0.25, 0.3) is 5.91 Å². The first-order valence-corrected chi connectivity index (χ1v) is 8.10. The zero-order chi connectivity index (χ0) is 16.9. The molecule has 1 heterocycles. The second-order valence-corrected chi connectivity index (χ2v) is 6.05. The summed E-state index contributed by atoms with van der Waals surface area (Å²) < 4.78 is 16.0. The standard InChI is InChI=1S/C17H15Cl2NO4/c18-12-6-13(19)8-14(7-12)22-9-17(21)20-4-3-11-1-2-15-16(5-11)24-10-23-15/h1-2,5-8H,3-4,9-10H2,(H,20,21). The zero-order valence-corrected chi connectivity index (χ0v) is 14.2. The van der Waals surface area contributed by atoms with Crippen LogP contribution >= 0.6 is 23.2 Å². The van der Waals surface area contributed by atoms with Crippen molar-refractivity contribution in [1.82, 2.24) is 5.32 Å². The van der Waals surface area contributed by atoms with E-state index in [9.17, 15) is 4.79 Å². The Balaban J connectivity index is 1.42. The first-order valence-electron chi connectivity index (χ1n) is 7.34. The number of rotatable bonds is 6. The van der Waals surface area contributed by atoms with Gasteiger partial charge < -0.3 is 19.5 Å². The third-order valence-electron chi connectivity index (χ3n) is 3.38. The number of benzene rings is 2. The summed E-state index contributed by atoms with van der Waals surface area (Å²) in [5, 5.41) is 3.71. The third-order valence-corrected chi connectivity index (χ3v) is 3.82. The van der Waals surface area contributed by atoms with Crippen LogP contribution in [0.3, 0.4) is 0 Å². The molecule has 0 atom stereocenters. The van der Waals surface area contributed by atoms with Gasteiger partial charge in [-0.05, 0) is 42.3 Å². The number of fused-ring (bicyclic) bond motifs is 1. The van der Waals surface area contributed by atoms with Gasteiger partial charge in [0.1, 0.15) is 5.75 Å². The van der Waals surface area contributed by atoms with Gasteiger partial charge in [-0.3, -0.25) is 4.79 Å². The molecule has 1 aliphatic heterocycles. The fourth-order valence-electron chi connectivity index (χ4n) is 2.25. The van der Waals surface area contributed by atoms with Gasteiger partial charge >= 0.3 is 0 Å². The predicted molar refractivity (Wildman–Crippen MR) is 91.2 cm³/mol. The van der Waals surface area contributed by atoms with Gasteiger partial charge in [-0.1, -0.05) is 29.3 Å². The van der Waals surface area contributed by atoms with E-state index in [0.717, 1.165) is 17.1 Å². The van der Waals surface area contributed by atoms with Crippen LogP contribution in [-0.2, 0) is 11.2 Å². The van der Waals surface area contributed by atoms with Crippen LogP contribution in [0.2, 0.25) is 10.0 Å². The number of carbonyl (C=O) groups excluding carboxylic acids is 1. The Morgan fingerprint density at radius 3 is 2.62 bits per heavy atom. The SMILES string of the molecule is O=C(COc1cc(Cl)cc(Cl)c1)NCCc1ccc2c(c1)OCO2. The number of hydrogen-bond acceptors (Lipinski definition) is 4. The van der Waals surface area contributed by atoms with Gasteiger partial charge in [-0.2, -0.15) is 0 Å². The Morgan fingerprint density at radius 1 is 1.08 bits per heavy atom. The van der Waals surface area contributed by atoms with Gasteiger partial charge in [-0.15, -0.1) is 0 Å². The molecule has 7 heteroatoms. The van der Waals surface area contributed by atoms with Gasteiger partial charge in [0.2, 0.25) is 6.79 Å². The minimum absolute atomic E-state index is 0.0994. The number of amides is 1. The average molecular weight is 368 g/mol. The highest BCUT2D eigenvalue weighted by molar-refractivity contribution is 6.34. The Labute approximate surface area is 149 Å². The molecule has 1 N–H and O–H groups in total. The molecule has 0 saturated heterocycles. The maximum atomic E-state index is 11.8.